The molecule has 2 aliphatic rings. The third-order valence-corrected chi connectivity index (χ3v) is 5.59. The number of rotatable bonds is 5. The Kier molecular flexibility index (Phi) is 5.41. The number of esters is 1. The van der Waals surface area contributed by atoms with Crippen molar-refractivity contribution in [2.75, 3.05) is 6.61 Å². The average Bonchev–Trinajstić information content (AvgIpc) is 3.15. The Morgan fingerprint density at radius 3 is 2.77 bits per heavy atom. The Morgan fingerprint density at radius 1 is 1.35 bits per heavy atom. The molecule has 0 spiro atoms. The van der Waals surface area contributed by atoms with Gasteiger partial charge in [-0.05, 0) is 31.3 Å². The molecular weight excluding hydrogens is 334 g/mol. The number of aliphatic hydroxyl groups excluding tert-OH is 2. The zero-order valence-electron chi connectivity index (χ0n) is 15.4. The highest BCUT2D eigenvalue weighted by Gasteiger charge is 2.45. The van der Waals surface area contributed by atoms with E-state index in [1.165, 1.54) is 6.33 Å². The number of hydrogen-bond donors (Lipinski definition) is 3. The number of carbonyl (C=O) groups excluding carboxylic acids is 1. The van der Waals surface area contributed by atoms with Crippen molar-refractivity contribution >= 4 is 11.5 Å². The van der Waals surface area contributed by atoms with Gasteiger partial charge in [-0.3, -0.25) is 4.79 Å². The fraction of sp³-hybridized carbons (Fsp3) is 0.632. The van der Waals surface area contributed by atoms with Gasteiger partial charge in [0.2, 0.25) is 0 Å². The Balaban J connectivity index is 1.68. The number of carbonyl (C=O) groups is 1. The van der Waals surface area contributed by atoms with Gasteiger partial charge >= 0.3 is 5.97 Å². The summed E-state index contributed by atoms with van der Waals surface area (Å²) in [6, 6.07) is -0.682. The standard InChI is InChI=1S/C19H27N3O4/c1-9(2)15(20)19(25)26-7-11-6-14(18(24)17(11)23)13-5-4-12-10(3)21-8-22-16(12)13/h5,8-9,11,14-15,17-18,23-24H,4,6-7,20H2,1-3H3/t11-,14+,15+,17-,18+/m1/s1. The molecule has 0 saturated heterocycles. The van der Waals surface area contributed by atoms with Crippen LogP contribution in [0.2, 0.25) is 0 Å². The zero-order valence-corrected chi connectivity index (χ0v) is 15.4. The van der Waals surface area contributed by atoms with Gasteiger partial charge in [-0.2, -0.15) is 0 Å². The summed E-state index contributed by atoms with van der Waals surface area (Å²) in [7, 11) is 0. The molecule has 142 valence electrons. The number of aryl methyl sites for hydroxylation is 1. The minimum Gasteiger partial charge on any atom is -0.464 e. The maximum Gasteiger partial charge on any atom is 0.323 e. The Labute approximate surface area is 153 Å². The van der Waals surface area contributed by atoms with Crippen LogP contribution in [-0.4, -0.2) is 51.0 Å². The second-order valence-electron chi connectivity index (χ2n) is 7.63. The fourth-order valence-corrected chi connectivity index (χ4v) is 3.79. The largest absolute Gasteiger partial charge is 0.464 e. The van der Waals surface area contributed by atoms with Gasteiger partial charge in [0.25, 0.3) is 0 Å². The van der Waals surface area contributed by atoms with Crippen molar-refractivity contribution in [1.29, 1.82) is 0 Å². The van der Waals surface area contributed by atoms with E-state index in [1.807, 2.05) is 20.8 Å². The van der Waals surface area contributed by atoms with Crippen LogP contribution >= 0.6 is 0 Å². The second-order valence-corrected chi connectivity index (χ2v) is 7.63. The van der Waals surface area contributed by atoms with E-state index in [-0.39, 0.29) is 24.4 Å². The minimum absolute atomic E-state index is 0.0163. The Hall–Kier alpha value is -1.83. The molecule has 0 radical (unpaired) electrons. The van der Waals surface area contributed by atoms with Gasteiger partial charge in [-0.25, -0.2) is 9.97 Å². The zero-order chi connectivity index (χ0) is 19.0. The third kappa shape index (κ3) is 3.39. The second kappa shape index (κ2) is 7.42. The van der Waals surface area contributed by atoms with E-state index in [0.29, 0.717) is 6.42 Å². The highest BCUT2D eigenvalue weighted by molar-refractivity contribution is 5.76. The molecule has 7 heteroatoms. The first-order chi connectivity index (χ1) is 12.3. The summed E-state index contributed by atoms with van der Waals surface area (Å²) < 4.78 is 5.29. The number of fused-ring (bicyclic) bond motifs is 1. The lowest BCUT2D eigenvalue weighted by Crippen LogP contribution is -2.38. The van der Waals surface area contributed by atoms with Gasteiger partial charge in [-0.1, -0.05) is 19.9 Å². The highest BCUT2D eigenvalue weighted by Crippen LogP contribution is 2.43. The van der Waals surface area contributed by atoms with Crippen LogP contribution in [0.25, 0.3) is 5.57 Å². The molecule has 0 aliphatic heterocycles. The third-order valence-electron chi connectivity index (χ3n) is 5.59. The lowest BCUT2D eigenvalue weighted by molar-refractivity contribution is -0.149. The van der Waals surface area contributed by atoms with Gasteiger partial charge in [0.1, 0.15) is 12.4 Å². The molecule has 1 aromatic rings. The van der Waals surface area contributed by atoms with Crippen molar-refractivity contribution in [3.63, 3.8) is 0 Å². The number of aliphatic hydroxyl groups is 2. The van der Waals surface area contributed by atoms with E-state index in [4.69, 9.17) is 10.5 Å². The van der Waals surface area contributed by atoms with E-state index >= 15 is 0 Å². The van der Waals surface area contributed by atoms with E-state index in [2.05, 4.69) is 16.0 Å². The van der Waals surface area contributed by atoms with E-state index in [1.54, 1.807) is 0 Å². The van der Waals surface area contributed by atoms with Crippen LogP contribution in [0.3, 0.4) is 0 Å². The van der Waals surface area contributed by atoms with Crippen LogP contribution in [0, 0.1) is 24.7 Å². The minimum atomic E-state index is -0.948. The summed E-state index contributed by atoms with van der Waals surface area (Å²) in [5.74, 6) is -1.05. The molecule has 26 heavy (non-hydrogen) atoms. The quantitative estimate of drug-likeness (QED) is 0.657. The lowest BCUT2D eigenvalue weighted by atomic mass is 9.93. The molecular formula is C19H27N3O4. The SMILES string of the molecule is Cc1ncnc2c1CC=C2[C@@H]1C[C@H](COC(=O)[C@@H](N)C(C)C)[C@@H](O)[C@H]1O. The Morgan fingerprint density at radius 2 is 2.08 bits per heavy atom. The van der Waals surface area contributed by atoms with Crippen molar-refractivity contribution in [3.8, 4) is 0 Å². The molecule has 3 rings (SSSR count). The van der Waals surface area contributed by atoms with E-state index < -0.39 is 24.2 Å². The van der Waals surface area contributed by atoms with E-state index in [0.717, 1.165) is 28.9 Å². The summed E-state index contributed by atoms with van der Waals surface area (Å²) >= 11 is 0. The fourth-order valence-electron chi connectivity index (χ4n) is 3.79. The number of aromatic nitrogens is 2. The number of nitrogens with two attached hydrogens (primary N) is 1. The van der Waals surface area contributed by atoms with Crippen molar-refractivity contribution in [1.82, 2.24) is 9.97 Å². The van der Waals surface area contributed by atoms with Crippen LogP contribution in [0.1, 0.15) is 37.2 Å². The lowest BCUT2D eigenvalue weighted by Gasteiger charge is -2.19. The number of hydrogen-bond acceptors (Lipinski definition) is 7. The first-order valence-electron chi connectivity index (χ1n) is 9.10. The molecule has 2 aliphatic carbocycles. The molecule has 0 bridgehead atoms. The van der Waals surface area contributed by atoms with Crippen LogP contribution in [0.15, 0.2) is 12.4 Å². The molecule has 5 atom stereocenters. The highest BCUT2D eigenvalue weighted by atomic mass is 16.5. The number of ether oxygens (including phenoxy) is 1. The average molecular weight is 361 g/mol. The van der Waals surface area contributed by atoms with Gasteiger partial charge in [0.15, 0.2) is 0 Å². The number of allylic oxidation sites excluding steroid dienone is 1. The molecule has 0 unspecified atom stereocenters. The first-order valence-corrected chi connectivity index (χ1v) is 9.10. The molecule has 1 saturated carbocycles. The summed E-state index contributed by atoms with van der Waals surface area (Å²) in [5, 5.41) is 21.0. The van der Waals surface area contributed by atoms with Crippen LogP contribution < -0.4 is 5.73 Å². The van der Waals surface area contributed by atoms with Crippen molar-refractivity contribution in [2.24, 2.45) is 23.5 Å². The molecule has 1 fully saturated rings. The maximum absolute atomic E-state index is 11.9. The van der Waals surface area contributed by atoms with Gasteiger partial charge in [0.05, 0.1) is 24.5 Å². The number of nitrogens with zero attached hydrogens (tertiary/aromatic N) is 2. The van der Waals surface area contributed by atoms with Crippen LogP contribution in [0.4, 0.5) is 0 Å². The topological polar surface area (TPSA) is 119 Å². The molecule has 1 aromatic heterocycles. The van der Waals surface area contributed by atoms with Crippen LogP contribution in [-0.2, 0) is 16.0 Å². The predicted octanol–water partition coefficient (Wildman–Crippen LogP) is 0.609. The van der Waals surface area contributed by atoms with E-state index in [9.17, 15) is 15.0 Å². The van der Waals surface area contributed by atoms with Crippen molar-refractivity contribution < 1.29 is 19.7 Å². The van der Waals surface area contributed by atoms with Crippen LogP contribution in [0.5, 0.6) is 0 Å². The molecule has 1 heterocycles. The predicted molar refractivity (Wildman–Crippen MR) is 95.8 cm³/mol. The molecule has 0 amide bonds. The van der Waals surface area contributed by atoms with Gasteiger partial charge in [-0.15, -0.1) is 0 Å². The smallest absolute Gasteiger partial charge is 0.323 e. The Bertz CT molecular complexity index is 719. The molecule has 0 aromatic carbocycles. The normalized spacial score (nSPS) is 28.8. The summed E-state index contributed by atoms with van der Waals surface area (Å²) in [4.78, 5) is 20.5. The maximum atomic E-state index is 11.9. The molecule has 4 N–H and O–H groups in total. The van der Waals surface area contributed by atoms with Gasteiger partial charge < -0.3 is 20.7 Å². The van der Waals surface area contributed by atoms with Gasteiger partial charge in [0, 0.05) is 23.1 Å². The summed E-state index contributed by atoms with van der Waals surface area (Å²) in [6.45, 7) is 5.70. The van der Waals surface area contributed by atoms with Crippen molar-refractivity contribution in [3.05, 3.63) is 29.4 Å². The monoisotopic (exact) mass is 361 g/mol. The first kappa shape index (κ1) is 18.9. The van der Waals surface area contributed by atoms with Crippen molar-refractivity contribution in [2.45, 2.75) is 51.9 Å². The molecule has 7 nitrogen and oxygen atoms in total. The summed E-state index contributed by atoms with van der Waals surface area (Å²) in [5.41, 5.74) is 9.60. The summed E-state index contributed by atoms with van der Waals surface area (Å²) in [6.07, 6.45) is 2.98.